The summed E-state index contributed by atoms with van der Waals surface area (Å²) in [6.45, 7) is 27.0. The maximum absolute atomic E-state index is 3.38. The van der Waals surface area contributed by atoms with Crippen LogP contribution in [0, 0.1) is 55.4 Å². The minimum atomic E-state index is 0. The minimum absolute atomic E-state index is 0. The van der Waals surface area contributed by atoms with Gasteiger partial charge in [-0.25, -0.2) is 0 Å². The Labute approximate surface area is 116 Å². The average Bonchev–Trinajstić information content (AvgIpc) is 1.92. The van der Waals surface area contributed by atoms with Crippen LogP contribution in [0.15, 0.2) is 0 Å². The van der Waals surface area contributed by atoms with Crippen molar-refractivity contribution in [3.63, 3.8) is 0 Å². The van der Waals surface area contributed by atoms with Gasteiger partial charge in [0.2, 0.25) is 0 Å². The van der Waals surface area contributed by atoms with Crippen molar-refractivity contribution < 1.29 is 34.7 Å². The van der Waals surface area contributed by atoms with E-state index in [1.807, 2.05) is 0 Å². The van der Waals surface area contributed by atoms with Crippen LogP contribution in [0.4, 0.5) is 0 Å². The molecule has 0 bridgehead atoms. The van der Waals surface area contributed by atoms with E-state index < -0.39 is 0 Å². The van der Waals surface area contributed by atoms with Crippen LogP contribution in [-0.4, -0.2) is 0 Å². The minimum Gasteiger partial charge on any atom is -0.372 e. The zero-order valence-corrected chi connectivity index (χ0v) is 11.9. The summed E-state index contributed by atoms with van der Waals surface area (Å²) in [6.07, 6.45) is 3.00. The molecule has 0 aromatic heterocycles. The number of hydrogen-bond donors (Lipinski definition) is 0. The normalized spacial score (nSPS) is 5.14. The summed E-state index contributed by atoms with van der Waals surface area (Å²) in [5.41, 5.74) is 0. The molecule has 0 rings (SSSR count). The molecule has 0 saturated heterocycles. The first-order valence-electron chi connectivity index (χ1n) is 4.00. The van der Waals surface area contributed by atoms with Gasteiger partial charge in [0.05, 0.1) is 0 Å². The van der Waals surface area contributed by atoms with Crippen molar-refractivity contribution in [1.29, 1.82) is 0 Å². The van der Waals surface area contributed by atoms with Crippen molar-refractivity contribution in [2.24, 2.45) is 0 Å². The van der Waals surface area contributed by atoms with E-state index in [4.69, 9.17) is 0 Å². The Hall–Kier alpha value is 1.06. The quantitative estimate of drug-likeness (QED) is 0.580. The summed E-state index contributed by atoms with van der Waals surface area (Å²) in [7, 11) is 0. The van der Waals surface area contributed by atoms with Crippen molar-refractivity contribution in [3.8, 4) is 0 Å². The largest absolute Gasteiger partial charge is 4.00 e. The second-order valence-electron chi connectivity index (χ2n) is 1.41. The van der Waals surface area contributed by atoms with Gasteiger partial charge in [0.15, 0.2) is 0 Å². The molecule has 0 aromatic carbocycles. The summed E-state index contributed by atoms with van der Waals surface area (Å²) in [5, 5.41) is 0. The third-order valence-electron chi connectivity index (χ3n) is 0. The van der Waals surface area contributed by atoms with Crippen LogP contribution in [0.1, 0.15) is 25.7 Å². The average molecular weight is 272 g/mol. The van der Waals surface area contributed by atoms with Crippen LogP contribution >= 0.6 is 0 Å². The molecule has 0 nitrogen and oxygen atoms in total. The Morgan fingerprint density at radius 2 is 0.357 bits per heavy atom. The first kappa shape index (κ1) is 36.3. The van der Waals surface area contributed by atoms with Gasteiger partial charge in [-0.05, 0) is 0 Å². The standard InChI is InChI=1S/4C3H6.2Cr/c4*1-3-2;;/h4*1-3H2;;/q4*-2;2*+4. The van der Waals surface area contributed by atoms with Gasteiger partial charge in [-0.2, -0.15) is 0 Å². The van der Waals surface area contributed by atoms with Crippen LogP contribution in [0.2, 0.25) is 0 Å². The Kier molecular flexibility index (Phi) is 242. The van der Waals surface area contributed by atoms with Gasteiger partial charge >= 0.3 is 34.7 Å². The summed E-state index contributed by atoms with van der Waals surface area (Å²) in [5.74, 6) is 0. The van der Waals surface area contributed by atoms with E-state index in [9.17, 15) is 0 Å². The Morgan fingerprint density at radius 1 is 0.357 bits per heavy atom. The van der Waals surface area contributed by atoms with E-state index in [-0.39, 0.29) is 34.7 Å². The van der Waals surface area contributed by atoms with Crippen LogP contribution < -0.4 is 0 Å². The van der Waals surface area contributed by atoms with Crippen molar-refractivity contribution >= 4 is 0 Å². The van der Waals surface area contributed by atoms with Crippen molar-refractivity contribution in [2.45, 2.75) is 25.7 Å². The van der Waals surface area contributed by atoms with Gasteiger partial charge < -0.3 is 81.1 Å². The monoisotopic (exact) mass is 272 g/mol. The third-order valence-corrected chi connectivity index (χ3v) is 0. The van der Waals surface area contributed by atoms with E-state index in [1.54, 1.807) is 0 Å². The summed E-state index contributed by atoms with van der Waals surface area (Å²) >= 11 is 0. The molecule has 0 spiro atoms. The molecule has 0 atom stereocenters. The first-order valence-corrected chi connectivity index (χ1v) is 4.00. The molecule has 0 heterocycles. The maximum Gasteiger partial charge on any atom is 4.00 e. The predicted molar refractivity (Wildman–Crippen MR) is 61.3 cm³/mol. The molecule has 0 fully saturated rings. The SMILES string of the molecule is [CH2-]C[CH2-].[CH2-]C[CH2-].[CH2-]C[CH2-].[CH2-]C[CH2-].[Cr+4].[Cr+4]. The topological polar surface area (TPSA) is 0 Å². The van der Waals surface area contributed by atoms with Gasteiger partial charge in [-0.3, -0.25) is 0 Å². The fraction of sp³-hybridized carbons (Fsp3) is 0.333. The third kappa shape index (κ3) is 1680. The number of rotatable bonds is 0. The molecule has 0 amide bonds. The van der Waals surface area contributed by atoms with E-state index >= 15 is 0 Å². The van der Waals surface area contributed by atoms with Gasteiger partial charge in [-0.15, -0.1) is 0 Å². The van der Waals surface area contributed by atoms with Crippen molar-refractivity contribution in [3.05, 3.63) is 55.4 Å². The Morgan fingerprint density at radius 3 is 0.357 bits per heavy atom. The molecular weight excluding hydrogens is 248 g/mol. The molecule has 0 aliphatic carbocycles. The van der Waals surface area contributed by atoms with Crippen LogP contribution in [0.5, 0.6) is 0 Å². The van der Waals surface area contributed by atoms with Gasteiger partial charge in [-0.1, -0.05) is 0 Å². The van der Waals surface area contributed by atoms with Gasteiger partial charge in [0.1, 0.15) is 0 Å². The second-order valence-corrected chi connectivity index (χ2v) is 1.41. The Bertz CT molecular complexity index is 16.3. The first-order chi connectivity index (χ1) is 5.66. The van der Waals surface area contributed by atoms with Crippen molar-refractivity contribution in [1.82, 2.24) is 0 Å². The molecule has 2 heteroatoms. The fourth-order valence-corrected chi connectivity index (χ4v) is 0. The van der Waals surface area contributed by atoms with Crippen LogP contribution in [-0.2, 0) is 34.7 Å². The summed E-state index contributed by atoms with van der Waals surface area (Å²) in [6, 6.07) is 0. The van der Waals surface area contributed by atoms with Crippen molar-refractivity contribution in [2.75, 3.05) is 0 Å². The predicted octanol–water partition coefficient (Wildman–Crippen LogP) is 4.17. The fourth-order valence-electron chi connectivity index (χ4n) is 0. The van der Waals surface area contributed by atoms with E-state index in [2.05, 4.69) is 55.4 Å². The zero-order valence-electron chi connectivity index (χ0n) is 9.30. The number of hydrogen-bond acceptors (Lipinski definition) is 0. The zero-order chi connectivity index (χ0) is 10.8. The van der Waals surface area contributed by atoms with E-state index in [0.29, 0.717) is 0 Å². The molecule has 0 saturated carbocycles. The molecule has 0 aliphatic heterocycles. The smallest absolute Gasteiger partial charge is 0.372 e. The summed E-state index contributed by atoms with van der Waals surface area (Å²) < 4.78 is 0. The van der Waals surface area contributed by atoms with Crippen LogP contribution in [0.25, 0.3) is 0 Å². The van der Waals surface area contributed by atoms with Crippen LogP contribution in [0.3, 0.4) is 0 Å². The molecular formula is C12H24Cr2. The molecule has 0 aromatic rings. The second kappa shape index (κ2) is 93.6. The maximum atomic E-state index is 3.38. The molecule has 14 heavy (non-hydrogen) atoms. The molecule has 0 radical (unpaired) electrons. The van der Waals surface area contributed by atoms with E-state index in [0.717, 1.165) is 25.7 Å². The van der Waals surface area contributed by atoms with Gasteiger partial charge in [0.25, 0.3) is 0 Å². The van der Waals surface area contributed by atoms with Gasteiger partial charge in [0, 0.05) is 0 Å². The molecule has 84 valence electrons. The molecule has 0 unspecified atom stereocenters. The molecule has 0 aliphatic rings. The molecule has 0 N–H and O–H groups in total. The Balaban J connectivity index is -0.0000000145. The summed E-state index contributed by atoms with van der Waals surface area (Å²) in [4.78, 5) is 0. The van der Waals surface area contributed by atoms with E-state index in [1.165, 1.54) is 0 Å².